The summed E-state index contributed by atoms with van der Waals surface area (Å²) in [5.41, 5.74) is 0. The molecule has 1 unspecified atom stereocenters. The van der Waals surface area contributed by atoms with Gasteiger partial charge in [-0.3, -0.25) is 0 Å². The molecule has 0 amide bonds. The highest BCUT2D eigenvalue weighted by Gasteiger charge is 2.27. The lowest BCUT2D eigenvalue weighted by molar-refractivity contribution is -0.148. The Kier molecular flexibility index (Phi) is 2.30. The highest BCUT2D eigenvalue weighted by molar-refractivity contribution is 8.00. The van der Waals surface area contributed by atoms with Gasteiger partial charge >= 0.3 is 5.97 Å². The monoisotopic (exact) mass is 136 g/mol. The summed E-state index contributed by atoms with van der Waals surface area (Å²) in [7, 11) is 0. The van der Waals surface area contributed by atoms with Crippen LogP contribution >= 0.6 is 11.8 Å². The van der Waals surface area contributed by atoms with Crippen LogP contribution < -0.4 is 0 Å². The second-order valence-corrected chi connectivity index (χ2v) is 2.70. The predicted molar refractivity (Wildman–Crippen MR) is 31.8 cm³/mol. The first kappa shape index (κ1) is 7.78. The Hall–Kier alpha value is -0.220. The van der Waals surface area contributed by atoms with Crippen LogP contribution in [0.3, 0.4) is 0 Å². The van der Waals surface area contributed by atoms with Crippen molar-refractivity contribution in [2.75, 3.05) is 6.26 Å². The topological polar surface area (TPSA) is 57.5 Å². The number of hydrogen-bond donors (Lipinski definition) is 2. The van der Waals surface area contributed by atoms with E-state index < -0.39 is 10.9 Å². The summed E-state index contributed by atoms with van der Waals surface area (Å²) >= 11 is 0.891. The Bertz CT molecular complexity index is 99.5. The molecular formula is C4H8O3S. The van der Waals surface area contributed by atoms with Gasteiger partial charge in [0.2, 0.25) is 4.93 Å². The molecule has 2 N–H and O–H groups in total. The lowest BCUT2D eigenvalue weighted by Gasteiger charge is -2.12. The van der Waals surface area contributed by atoms with Crippen molar-refractivity contribution in [3.8, 4) is 0 Å². The van der Waals surface area contributed by atoms with Gasteiger partial charge in [-0.1, -0.05) is 0 Å². The Labute approximate surface area is 51.7 Å². The van der Waals surface area contributed by atoms with Crippen LogP contribution in [0.2, 0.25) is 0 Å². The van der Waals surface area contributed by atoms with E-state index in [0.29, 0.717) is 0 Å². The van der Waals surface area contributed by atoms with Gasteiger partial charge in [0.15, 0.2) is 0 Å². The van der Waals surface area contributed by atoms with E-state index in [1.165, 1.54) is 13.2 Å². The minimum atomic E-state index is -1.62. The number of carbonyl (C=O) groups is 1. The van der Waals surface area contributed by atoms with Crippen LogP contribution in [0.5, 0.6) is 0 Å². The zero-order chi connectivity index (χ0) is 6.78. The maximum Gasteiger partial charge on any atom is 0.346 e. The number of hydrogen-bond acceptors (Lipinski definition) is 3. The van der Waals surface area contributed by atoms with Crippen molar-refractivity contribution in [2.24, 2.45) is 0 Å². The lowest BCUT2D eigenvalue weighted by Crippen LogP contribution is -2.29. The van der Waals surface area contributed by atoms with E-state index in [0.717, 1.165) is 11.8 Å². The molecule has 0 saturated carbocycles. The number of carboxylic acids is 1. The van der Waals surface area contributed by atoms with Crippen molar-refractivity contribution in [1.82, 2.24) is 0 Å². The van der Waals surface area contributed by atoms with E-state index in [1.54, 1.807) is 0 Å². The fourth-order valence-corrected chi connectivity index (χ4v) is 0.262. The summed E-state index contributed by atoms with van der Waals surface area (Å²) in [4.78, 5) is 8.36. The van der Waals surface area contributed by atoms with Gasteiger partial charge < -0.3 is 10.2 Å². The average Bonchev–Trinajstić information content (AvgIpc) is 1.67. The molecule has 0 saturated heterocycles. The molecule has 48 valence electrons. The van der Waals surface area contributed by atoms with E-state index >= 15 is 0 Å². The maximum absolute atomic E-state index is 9.98. The SMILES string of the molecule is CSC(C)(O)C(=O)O. The van der Waals surface area contributed by atoms with E-state index in [9.17, 15) is 4.79 Å². The van der Waals surface area contributed by atoms with Gasteiger partial charge in [0.05, 0.1) is 0 Å². The van der Waals surface area contributed by atoms with Crippen LogP contribution in [0.4, 0.5) is 0 Å². The third kappa shape index (κ3) is 1.71. The molecule has 0 aromatic carbocycles. The molecule has 0 radical (unpaired) electrons. The van der Waals surface area contributed by atoms with Gasteiger partial charge in [-0.2, -0.15) is 0 Å². The van der Waals surface area contributed by atoms with Gasteiger partial charge in [0, 0.05) is 0 Å². The zero-order valence-corrected chi connectivity index (χ0v) is 5.53. The largest absolute Gasteiger partial charge is 0.478 e. The fourth-order valence-electron chi connectivity index (χ4n) is 0.0873. The Morgan fingerprint density at radius 3 is 2.12 bits per heavy atom. The van der Waals surface area contributed by atoms with E-state index in [2.05, 4.69) is 0 Å². The molecule has 0 aliphatic rings. The molecule has 0 heterocycles. The molecule has 8 heavy (non-hydrogen) atoms. The molecule has 0 spiro atoms. The van der Waals surface area contributed by atoms with Crippen molar-refractivity contribution in [1.29, 1.82) is 0 Å². The van der Waals surface area contributed by atoms with E-state index in [1.807, 2.05) is 0 Å². The smallest absolute Gasteiger partial charge is 0.346 e. The Morgan fingerprint density at radius 1 is 1.75 bits per heavy atom. The van der Waals surface area contributed by atoms with Gasteiger partial charge in [-0.05, 0) is 13.2 Å². The first-order valence-corrected chi connectivity index (χ1v) is 3.24. The second kappa shape index (κ2) is 2.37. The number of rotatable bonds is 2. The van der Waals surface area contributed by atoms with Crippen molar-refractivity contribution >= 4 is 17.7 Å². The van der Waals surface area contributed by atoms with Crippen molar-refractivity contribution in [3.63, 3.8) is 0 Å². The van der Waals surface area contributed by atoms with Crippen LogP contribution in [0, 0.1) is 0 Å². The molecular weight excluding hydrogens is 128 g/mol. The van der Waals surface area contributed by atoms with Crippen LogP contribution in [0.1, 0.15) is 6.92 Å². The summed E-state index contributed by atoms with van der Waals surface area (Å²) in [6.07, 6.45) is 1.54. The van der Waals surface area contributed by atoms with Crippen LogP contribution in [-0.2, 0) is 4.79 Å². The number of thioether (sulfide) groups is 1. The molecule has 0 fully saturated rings. The Morgan fingerprint density at radius 2 is 2.12 bits per heavy atom. The molecule has 3 nitrogen and oxygen atoms in total. The predicted octanol–water partition coefficient (Wildman–Crippen LogP) is 0.142. The quantitative estimate of drug-likeness (QED) is 0.530. The molecule has 0 aromatic rings. The number of aliphatic hydroxyl groups is 1. The van der Waals surface area contributed by atoms with E-state index in [-0.39, 0.29) is 0 Å². The summed E-state index contributed by atoms with van der Waals surface area (Å²) < 4.78 is 0. The molecule has 0 aliphatic carbocycles. The van der Waals surface area contributed by atoms with Crippen LogP contribution in [0.15, 0.2) is 0 Å². The lowest BCUT2D eigenvalue weighted by atomic mass is 10.4. The second-order valence-electron chi connectivity index (χ2n) is 1.49. The average molecular weight is 136 g/mol. The summed E-state index contributed by atoms with van der Waals surface area (Å²) in [5.74, 6) is -1.20. The highest BCUT2D eigenvalue weighted by atomic mass is 32.2. The third-order valence-corrected chi connectivity index (χ3v) is 1.76. The number of aliphatic carboxylic acids is 1. The van der Waals surface area contributed by atoms with Crippen molar-refractivity contribution < 1.29 is 15.0 Å². The van der Waals surface area contributed by atoms with Crippen molar-refractivity contribution in [2.45, 2.75) is 11.9 Å². The molecule has 0 aromatic heterocycles. The van der Waals surface area contributed by atoms with Gasteiger partial charge in [0.1, 0.15) is 0 Å². The van der Waals surface area contributed by atoms with Gasteiger partial charge in [-0.25, -0.2) is 4.79 Å². The van der Waals surface area contributed by atoms with Gasteiger partial charge in [0.25, 0.3) is 0 Å². The molecule has 0 bridgehead atoms. The summed E-state index contributed by atoms with van der Waals surface area (Å²) in [5, 5.41) is 16.9. The van der Waals surface area contributed by atoms with Crippen molar-refractivity contribution in [3.05, 3.63) is 0 Å². The molecule has 0 rings (SSSR count). The summed E-state index contributed by atoms with van der Waals surface area (Å²) in [6.45, 7) is 1.24. The maximum atomic E-state index is 9.98. The highest BCUT2D eigenvalue weighted by Crippen LogP contribution is 2.17. The normalized spacial score (nSPS) is 17.4. The minimum Gasteiger partial charge on any atom is -0.478 e. The van der Waals surface area contributed by atoms with Gasteiger partial charge in [-0.15, -0.1) is 11.8 Å². The Balaban J connectivity index is 3.91. The fraction of sp³-hybridized carbons (Fsp3) is 0.750. The molecule has 1 atom stereocenters. The van der Waals surface area contributed by atoms with Crippen LogP contribution in [0.25, 0.3) is 0 Å². The number of carboxylic acid groups (broad SMARTS) is 1. The van der Waals surface area contributed by atoms with E-state index in [4.69, 9.17) is 10.2 Å². The molecule has 0 aliphatic heterocycles. The summed E-state index contributed by atoms with van der Waals surface area (Å²) in [6, 6.07) is 0. The zero-order valence-electron chi connectivity index (χ0n) is 4.71. The minimum absolute atomic E-state index is 0.891. The standard InChI is InChI=1S/C4H8O3S/c1-4(7,8-2)3(5)6/h7H,1-2H3,(H,5,6). The third-order valence-electron chi connectivity index (χ3n) is 0.794. The van der Waals surface area contributed by atoms with Crippen LogP contribution in [-0.4, -0.2) is 27.4 Å². The first-order chi connectivity index (χ1) is 3.50. The molecule has 4 heteroatoms. The first-order valence-electron chi connectivity index (χ1n) is 2.01.